The van der Waals surface area contributed by atoms with Crippen molar-refractivity contribution in [1.29, 1.82) is 0 Å². The van der Waals surface area contributed by atoms with Gasteiger partial charge in [0.05, 0.1) is 11.2 Å². The molecule has 0 saturated heterocycles. The van der Waals surface area contributed by atoms with E-state index in [0.29, 0.717) is 5.75 Å². The van der Waals surface area contributed by atoms with Crippen LogP contribution in [0.4, 0.5) is 5.69 Å². The molecule has 1 aliphatic rings. The van der Waals surface area contributed by atoms with Gasteiger partial charge in [-0.15, -0.1) is 11.3 Å². The number of thiophene rings is 1. The van der Waals surface area contributed by atoms with Crippen LogP contribution in [0.15, 0.2) is 163 Å². The fraction of sp³-hybridized carbons (Fsp3) is 0.254. The minimum Gasteiger partial charge on any atom is -0.507 e. The van der Waals surface area contributed by atoms with Crippen LogP contribution in [-0.4, -0.2) is 27.0 Å². The molecule has 364 valence electrons. The third-order valence-corrected chi connectivity index (χ3v) is 16.5. The zero-order valence-corrected chi connectivity index (χ0v) is 45.6. The molecule has 7 aromatic carbocycles. The summed E-state index contributed by atoms with van der Waals surface area (Å²) in [6.45, 7) is 29.1. The van der Waals surface area contributed by atoms with Crippen LogP contribution >= 0.6 is 11.3 Å². The Morgan fingerprint density at radius 2 is 1.16 bits per heavy atom. The molecule has 0 atom stereocenters. The maximum Gasteiger partial charge on any atom is 0.269 e. The van der Waals surface area contributed by atoms with Gasteiger partial charge in [-0.1, -0.05) is 198 Å². The van der Waals surface area contributed by atoms with Crippen molar-refractivity contribution in [2.24, 2.45) is 4.99 Å². The second-order valence-corrected chi connectivity index (χ2v) is 25.6. The first kappa shape index (κ1) is 48.3. The summed E-state index contributed by atoms with van der Waals surface area (Å²) in [7, 11) is 0. The van der Waals surface area contributed by atoms with E-state index in [9.17, 15) is 5.11 Å². The van der Waals surface area contributed by atoms with Crippen LogP contribution in [0, 0.1) is 6.92 Å². The van der Waals surface area contributed by atoms with Crippen molar-refractivity contribution in [2.75, 3.05) is 0 Å². The van der Waals surface area contributed by atoms with E-state index in [0.717, 1.165) is 72.3 Å². The third kappa shape index (κ3) is 8.42. The van der Waals surface area contributed by atoms with E-state index in [1.165, 1.54) is 53.7 Å². The van der Waals surface area contributed by atoms with E-state index in [1.807, 2.05) is 17.5 Å². The summed E-state index contributed by atoms with van der Waals surface area (Å²) < 4.78 is 3.64. The van der Waals surface area contributed by atoms with Crippen LogP contribution in [0.2, 0.25) is 0 Å². The van der Waals surface area contributed by atoms with Gasteiger partial charge in [-0.3, -0.25) is 9.56 Å². The van der Waals surface area contributed by atoms with Crippen molar-refractivity contribution in [3.8, 4) is 44.1 Å². The molecule has 1 N–H and O–H groups in total. The Hall–Kier alpha value is -7.02. The van der Waals surface area contributed by atoms with Gasteiger partial charge in [-0.05, 0) is 126 Å². The van der Waals surface area contributed by atoms with Crippen molar-refractivity contribution >= 4 is 72.3 Å². The molecule has 0 aliphatic carbocycles. The largest absolute Gasteiger partial charge is 0.507 e. The van der Waals surface area contributed by atoms with Crippen molar-refractivity contribution in [1.82, 2.24) is 9.55 Å². The number of para-hydroxylation sites is 1. The predicted octanol–water partition coefficient (Wildman–Crippen LogP) is 16.9. The van der Waals surface area contributed by atoms with Crippen molar-refractivity contribution < 1.29 is 5.11 Å². The van der Waals surface area contributed by atoms with Gasteiger partial charge in [-0.2, -0.15) is 0 Å². The highest BCUT2D eigenvalue weighted by atomic mass is 32.1. The molecule has 0 radical (unpaired) electrons. The number of hydrogen-bond donors (Lipinski definition) is 1. The van der Waals surface area contributed by atoms with Crippen LogP contribution in [0.1, 0.15) is 116 Å². The van der Waals surface area contributed by atoms with Crippen molar-refractivity contribution in [2.45, 2.75) is 112 Å². The van der Waals surface area contributed by atoms with Gasteiger partial charge < -0.3 is 5.11 Å². The standard InChI is InChI=1S/C67H66BN3OS/c1-40-50-38-52-49-27-21-31-69-63(49)71(57(52)39-58(50)73-61(40)42-24-18-15-19-25-42)47-33-43(32-45(34-47)65(5,6)7)48-26-20-28-56-59(48)70-62(53-36-46(66(8,9)10)37-54(60(53)72)67(11,12)13)68(56)55-30-29-44(64(2,3)4)35-51(55)41-22-16-14-17-23-41/h14-39,72H,1-13H3. The molecule has 0 bridgehead atoms. The maximum atomic E-state index is 12.7. The fourth-order valence-corrected chi connectivity index (χ4v) is 12.2. The molecule has 11 rings (SSSR count). The molecule has 6 heteroatoms. The van der Waals surface area contributed by atoms with Gasteiger partial charge in [0.25, 0.3) is 6.71 Å². The zero-order valence-electron chi connectivity index (χ0n) is 44.8. The van der Waals surface area contributed by atoms with E-state index in [1.54, 1.807) is 0 Å². The number of phenols is 1. The number of aliphatic imine (C=N–C) groups is 1. The van der Waals surface area contributed by atoms with E-state index < -0.39 is 0 Å². The smallest absolute Gasteiger partial charge is 0.269 e. The number of pyridine rings is 1. The lowest BCUT2D eigenvalue weighted by Crippen LogP contribution is -2.48. The SMILES string of the molecule is Cc1c(-c2ccccc2)sc2cc3c(cc12)c1cccnc1n3-c1cc(-c2cccc3c2N=C(c2cc(C(C)(C)C)cc(C(C)(C)C)c2O)B3c2ccc(C(C)(C)C)cc2-c2ccccc2)cc(C(C)(C)C)c1. The monoisotopic (exact) mass is 972 g/mol. The highest BCUT2D eigenvalue weighted by Crippen LogP contribution is 2.46. The molecule has 0 amide bonds. The average molecular weight is 972 g/mol. The topological polar surface area (TPSA) is 50.4 Å². The average Bonchev–Trinajstić information content (AvgIpc) is 4.01. The number of aromatic hydroxyl groups is 1. The minimum absolute atomic E-state index is 0.0673. The Kier molecular flexibility index (Phi) is 11.4. The predicted molar refractivity (Wildman–Crippen MR) is 316 cm³/mol. The molecule has 0 fully saturated rings. The first-order chi connectivity index (χ1) is 34.6. The molecule has 0 saturated carbocycles. The molecule has 0 unspecified atom stereocenters. The summed E-state index contributed by atoms with van der Waals surface area (Å²) in [6, 6.07) is 55.9. The van der Waals surface area contributed by atoms with Gasteiger partial charge in [0.15, 0.2) is 0 Å². The molecule has 0 spiro atoms. The first-order valence-corrected chi connectivity index (χ1v) is 26.7. The van der Waals surface area contributed by atoms with E-state index in [2.05, 4.69) is 246 Å². The lowest BCUT2D eigenvalue weighted by molar-refractivity contribution is 0.443. The number of benzene rings is 7. The Labute approximate surface area is 436 Å². The van der Waals surface area contributed by atoms with Crippen LogP contribution < -0.4 is 10.9 Å². The van der Waals surface area contributed by atoms with Gasteiger partial charge in [0.1, 0.15) is 11.4 Å². The summed E-state index contributed by atoms with van der Waals surface area (Å²) in [5, 5.41) is 16.3. The van der Waals surface area contributed by atoms with E-state index in [-0.39, 0.29) is 28.4 Å². The quantitative estimate of drug-likeness (QED) is 0.169. The van der Waals surface area contributed by atoms with Crippen LogP contribution in [0.5, 0.6) is 5.75 Å². The highest BCUT2D eigenvalue weighted by molar-refractivity contribution is 7.22. The Morgan fingerprint density at radius 3 is 1.84 bits per heavy atom. The van der Waals surface area contributed by atoms with Crippen LogP contribution in [0.25, 0.3) is 70.4 Å². The van der Waals surface area contributed by atoms with Crippen molar-refractivity contribution in [3.63, 3.8) is 0 Å². The Bertz CT molecular complexity index is 3850. The maximum absolute atomic E-state index is 12.7. The summed E-state index contributed by atoms with van der Waals surface area (Å²) in [5.74, 6) is 0.299. The molecule has 3 aromatic heterocycles. The number of rotatable bonds is 6. The van der Waals surface area contributed by atoms with Crippen LogP contribution in [0.3, 0.4) is 0 Å². The minimum atomic E-state index is -0.319. The summed E-state index contributed by atoms with van der Waals surface area (Å²) in [6.07, 6.45) is 1.92. The molecular formula is C67H66BN3OS. The van der Waals surface area contributed by atoms with E-state index in [4.69, 9.17) is 9.98 Å². The molecule has 4 nitrogen and oxygen atoms in total. The molecule has 73 heavy (non-hydrogen) atoms. The number of phenolic OH excluding ortho intramolecular Hbond substituents is 1. The number of nitrogens with zero attached hydrogens (tertiary/aromatic N) is 3. The fourth-order valence-electron chi connectivity index (χ4n) is 11.0. The Morgan fingerprint density at radius 1 is 0.507 bits per heavy atom. The zero-order chi connectivity index (χ0) is 51.5. The number of hydrogen-bond acceptors (Lipinski definition) is 4. The lowest BCUT2D eigenvalue weighted by atomic mass is 9.36. The van der Waals surface area contributed by atoms with Gasteiger partial charge in [-0.25, -0.2) is 4.98 Å². The molecule has 4 heterocycles. The van der Waals surface area contributed by atoms with Gasteiger partial charge in [0.2, 0.25) is 0 Å². The highest BCUT2D eigenvalue weighted by Gasteiger charge is 2.40. The second-order valence-electron chi connectivity index (χ2n) is 24.5. The number of fused-ring (bicyclic) bond motifs is 5. The summed E-state index contributed by atoms with van der Waals surface area (Å²) in [4.78, 5) is 12.3. The van der Waals surface area contributed by atoms with Gasteiger partial charge in [0, 0.05) is 54.5 Å². The lowest BCUT2D eigenvalue weighted by Gasteiger charge is -2.28. The van der Waals surface area contributed by atoms with Gasteiger partial charge >= 0.3 is 0 Å². The Balaban J connectivity index is 1.19. The first-order valence-electron chi connectivity index (χ1n) is 25.9. The molecule has 10 aromatic rings. The summed E-state index contributed by atoms with van der Waals surface area (Å²) in [5.41, 5.74) is 18.8. The number of aromatic nitrogens is 2. The van der Waals surface area contributed by atoms with Crippen LogP contribution in [-0.2, 0) is 21.7 Å². The number of aryl methyl sites for hydroxylation is 1. The second kappa shape index (κ2) is 17.3. The summed E-state index contributed by atoms with van der Waals surface area (Å²) >= 11 is 1.86. The molecular weight excluding hydrogens is 906 g/mol. The normalized spacial score (nSPS) is 13.4. The third-order valence-electron chi connectivity index (χ3n) is 15.2. The molecule has 1 aliphatic heterocycles. The van der Waals surface area contributed by atoms with E-state index >= 15 is 0 Å². The van der Waals surface area contributed by atoms with Crippen molar-refractivity contribution in [3.05, 3.63) is 191 Å².